The minimum atomic E-state index is -4.81. The van der Waals surface area contributed by atoms with E-state index >= 15 is 0 Å². The quantitative estimate of drug-likeness (QED) is 0.857. The summed E-state index contributed by atoms with van der Waals surface area (Å²) in [6.45, 7) is -1.13. The normalized spacial score (nSPS) is 13.2. The van der Waals surface area contributed by atoms with E-state index in [9.17, 15) is 18.0 Å². The highest BCUT2D eigenvalue weighted by Crippen LogP contribution is 2.20. The van der Waals surface area contributed by atoms with Gasteiger partial charge in [-0.2, -0.15) is 13.2 Å². The molecule has 1 unspecified atom stereocenters. The molecule has 0 fully saturated rings. The summed E-state index contributed by atoms with van der Waals surface area (Å²) in [5, 5.41) is 8.99. The Labute approximate surface area is 99.8 Å². The number of carbonyl (C=O) groups excluding carboxylic acids is 1. The molecule has 0 saturated heterocycles. The highest BCUT2D eigenvalue weighted by atomic mass is 35.5. The van der Waals surface area contributed by atoms with Crippen LogP contribution in [0.5, 0.6) is 0 Å². The Morgan fingerprint density at radius 1 is 1.35 bits per heavy atom. The lowest BCUT2D eigenvalue weighted by atomic mass is 10.2. The van der Waals surface area contributed by atoms with Crippen LogP contribution in [-0.4, -0.2) is 30.0 Å². The smallest absolute Gasteiger partial charge is 0.417 e. The molecule has 0 saturated carbocycles. The maximum Gasteiger partial charge on any atom is 0.417 e. The highest BCUT2D eigenvalue weighted by Gasteiger charge is 2.39. The van der Waals surface area contributed by atoms with Crippen molar-refractivity contribution in [3.8, 4) is 0 Å². The fraction of sp³-hybridized carbons (Fsp3) is 0.300. The van der Waals surface area contributed by atoms with Gasteiger partial charge in [0.25, 0.3) is 0 Å². The van der Waals surface area contributed by atoms with Gasteiger partial charge < -0.3 is 9.84 Å². The Morgan fingerprint density at radius 2 is 1.88 bits per heavy atom. The molecule has 0 bridgehead atoms. The van der Waals surface area contributed by atoms with Crippen molar-refractivity contribution in [2.45, 2.75) is 12.3 Å². The van der Waals surface area contributed by atoms with Crippen LogP contribution in [0.25, 0.3) is 0 Å². The SMILES string of the molecule is O=C(OCC(O)C(F)(F)F)c1ccc(Cl)cc1. The van der Waals surface area contributed by atoms with Crippen molar-refractivity contribution in [2.24, 2.45) is 0 Å². The summed E-state index contributed by atoms with van der Waals surface area (Å²) < 4.78 is 40.0. The second-order valence-electron chi connectivity index (χ2n) is 3.16. The minimum absolute atomic E-state index is 0.0591. The fourth-order valence-electron chi connectivity index (χ4n) is 0.918. The molecule has 1 rings (SSSR count). The van der Waals surface area contributed by atoms with Gasteiger partial charge in [-0.15, -0.1) is 0 Å². The molecule has 1 aromatic carbocycles. The van der Waals surface area contributed by atoms with Gasteiger partial charge in [-0.05, 0) is 24.3 Å². The first-order valence-corrected chi connectivity index (χ1v) is 4.86. The third kappa shape index (κ3) is 4.24. The molecule has 0 spiro atoms. The molecule has 7 heteroatoms. The fourth-order valence-corrected chi connectivity index (χ4v) is 1.04. The third-order valence-electron chi connectivity index (χ3n) is 1.83. The number of ether oxygens (including phenoxy) is 1. The molecule has 0 aromatic heterocycles. The van der Waals surface area contributed by atoms with Crippen LogP contribution in [0, 0.1) is 0 Å². The summed E-state index contributed by atoms with van der Waals surface area (Å²) in [5.74, 6) is -0.954. The molecule has 3 nitrogen and oxygen atoms in total. The van der Waals surface area contributed by atoms with Crippen molar-refractivity contribution >= 4 is 17.6 Å². The van der Waals surface area contributed by atoms with Gasteiger partial charge in [0.05, 0.1) is 5.56 Å². The van der Waals surface area contributed by atoms with E-state index in [1.54, 1.807) is 0 Å². The van der Waals surface area contributed by atoms with E-state index in [0.29, 0.717) is 5.02 Å². The Morgan fingerprint density at radius 3 is 2.35 bits per heavy atom. The molecule has 0 aliphatic heterocycles. The van der Waals surface area contributed by atoms with Crippen LogP contribution in [0.15, 0.2) is 24.3 Å². The summed E-state index contributed by atoms with van der Waals surface area (Å²) in [5.41, 5.74) is 0.0591. The predicted molar refractivity (Wildman–Crippen MR) is 53.8 cm³/mol. The first-order valence-electron chi connectivity index (χ1n) is 4.48. The van der Waals surface area contributed by atoms with Crippen molar-refractivity contribution in [3.63, 3.8) is 0 Å². The van der Waals surface area contributed by atoms with E-state index in [-0.39, 0.29) is 5.56 Å². The zero-order chi connectivity index (χ0) is 13.1. The van der Waals surface area contributed by atoms with Crippen molar-refractivity contribution in [1.82, 2.24) is 0 Å². The number of hydrogen-bond donors (Lipinski definition) is 1. The summed E-state index contributed by atoms with van der Waals surface area (Å²) in [7, 11) is 0. The molecule has 1 N–H and O–H groups in total. The highest BCUT2D eigenvalue weighted by molar-refractivity contribution is 6.30. The van der Waals surface area contributed by atoms with Crippen LogP contribution >= 0.6 is 11.6 Å². The lowest BCUT2D eigenvalue weighted by molar-refractivity contribution is -0.212. The van der Waals surface area contributed by atoms with Crippen LogP contribution in [0.4, 0.5) is 13.2 Å². The van der Waals surface area contributed by atoms with E-state index in [0.717, 1.165) is 0 Å². The molecule has 0 heterocycles. The Hall–Kier alpha value is -1.27. The lowest BCUT2D eigenvalue weighted by Crippen LogP contribution is -2.33. The Balaban J connectivity index is 2.53. The number of carbonyl (C=O) groups is 1. The van der Waals surface area contributed by atoms with E-state index in [1.165, 1.54) is 24.3 Å². The van der Waals surface area contributed by atoms with Gasteiger partial charge in [0.2, 0.25) is 0 Å². The van der Waals surface area contributed by atoms with Crippen LogP contribution in [0.3, 0.4) is 0 Å². The van der Waals surface area contributed by atoms with Gasteiger partial charge >= 0.3 is 12.1 Å². The molecular weight excluding hydrogens is 261 g/mol. The van der Waals surface area contributed by atoms with Crippen molar-refractivity contribution < 1.29 is 27.8 Å². The van der Waals surface area contributed by atoms with Crippen LogP contribution < -0.4 is 0 Å². The van der Waals surface area contributed by atoms with Gasteiger partial charge in [0.1, 0.15) is 6.61 Å². The number of hydrogen-bond acceptors (Lipinski definition) is 3. The van der Waals surface area contributed by atoms with Crippen molar-refractivity contribution in [3.05, 3.63) is 34.9 Å². The summed E-state index contributed by atoms with van der Waals surface area (Å²) in [4.78, 5) is 11.2. The average Bonchev–Trinajstić information content (AvgIpc) is 2.25. The van der Waals surface area contributed by atoms with Gasteiger partial charge in [-0.1, -0.05) is 11.6 Å². The molecule has 94 valence electrons. The Bertz CT molecular complexity index is 389. The molecular formula is C10H8ClF3O3. The third-order valence-corrected chi connectivity index (χ3v) is 2.08. The maximum atomic E-state index is 11.9. The average molecular weight is 269 g/mol. The monoisotopic (exact) mass is 268 g/mol. The molecule has 0 amide bonds. The predicted octanol–water partition coefficient (Wildman–Crippen LogP) is 2.42. The molecule has 17 heavy (non-hydrogen) atoms. The first kappa shape index (κ1) is 13.8. The molecule has 1 atom stereocenters. The summed E-state index contributed by atoms with van der Waals surface area (Å²) >= 11 is 5.56. The minimum Gasteiger partial charge on any atom is -0.459 e. The van der Waals surface area contributed by atoms with Gasteiger partial charge in [-0.3, -0.25) is 0 Å². The van der Waals surface area contributed by atoms with Gasteiger partial charge in [-0.25, -0.2) is 4.79 Å². The summed E-state index contributed by atoms with van der Waals surface area (Å²) in [6.07, 6.45) is -7.49. The second kappa shape index (κ2) is 5.37. The molecule has 1 aromatic rings. The van der Waals surface area contributed by atoms with E-state index in [1.807, 2.05) is 0 Å². The number of benzene rings is 1. The number of esters is 1. The Kier molecular flexibility index (Phi) is 4.36. The largest absolute Gasteiger partial charge is 0.459 e. The van der Waals surface area contributed by atoms with Gasteiger partial charge in [0, 0.05) is 5.02 Å². The molecule has 0 aliphatic rings. The number of alkyl halides is 3. The number of aliphatic hydroxyl groups is 1. The summed E-state index contributed by atoms with van der Waals surface area (Å²) in [6, 6.07) is 5.42. The van der Waals surface area contributed by atoms with Crippen LogP contribution in [0.2, 0.25) is 5.02 Å². The zero-order valence-corrected chi connectivity index (χ0v) is 9.13. The van der Waals surface area contributed by atoms with E-state index in [4.69, 9.17) is 16.7 Å². The standard InChI is InChI=1S/C10H8ClF3O3/c11-7-3-1-6(2-4-7)9(16)17-5-8(15)10(12,13)14/h1-4,8,15H,5H2. The molecule has 0 aliphatic carbocycles. The lowest BCUT2D eigenvalue weighted by Gasteiger charge is -2.14. The number of rotatable bonds is 3. The van der Waals surface area contributed by atoms with Crippen molar-refractivity contribution in [2.75, 3.05) is 6.61 Å². The second-order valence-corrected chi connectivity index (χ2v) is 3.60. The molecule has 0 radical (unpaired) electrons. The van der Waals surface area contributed by atoms with Gasteiger partial charge in [0.15, 0.2) is 6.10 Å². The van der Waals surface area contributed by atoms with Crippen molar-refractivity contribution in [1.29, 1.82) is 0 Å². The van der Waals surface area contributed by atoms with E-state index < -0.39 is 24.9 Å². The first-order chi connectivity index (χ1) is 7.80. The zero-order valence-electron chi connectivity index (χ0n) is 8.37. The maximum absolute atomic E-state index is 11.9. The topological polar surface area (TPSA) is 46.5 Å². The van der Waals surface area contributed by atoms with Crippen LogP contribution in [0.1, 0.15) is 10.4 Å². The number of aliphatic hydroxyl groups excluding tert-OH is 1. The van der Waals surface area contributed by atoms with Crippen LogP contribution in [-0.2, 0) is 4.74 Å². The number of halogens is 4. The van der Waals surface area contributed by atoms with E-state index in [2.05, 4.69) is 4.74 Å².